The molecule has 2 aliphatic carbocycles. The van der Waals surface area contributed by atoms with Crippen LogP contribution < -0.4 is 9.46 Å². The molecule has 3 aromatic rings. The van der Waals surface area contributed by atoms with Gasteiger partial charge in [0.25, 0.3) is 5.91 Å². The van der Waals surface area contributed by atoms with Crippen LogP contribution in [-0.4, -0.2) is 79.2 Å². The molecule has 2 saturated heterocycles. The van der Waals surface area contributed by atoms with E-state index in [0.717, 1.165) is 79.5 Å². The second-order valence-electron chi connectivity index (χ2n) is 14.9. The second-order valence-corrected chi connectivity index (χ2v) is 17.0. The van der Waals surface area contributed by atoms with E-state index >= 15 is 0 Å². The van der Waals surface area contributed by atoms with Gasteiger partial charge in [-0.25, -0.2) is 13.1 Å². The van der Waals surface area contributed by atoms with Crippen molar-refractivity contribution in [3.63, 3.8) is 0 Å². The van der Waals surface area contributed by atoms with Crippen LogP contribution in [0.4, 0.5) is 0 Å². The number of nitrogens with one attached hydrogen (secondary N) is 1. The fourth-order valence-electron chi connectivity index (χ4n) is 8.67. The van der Waals surface area contributed by atoms with Gasteiger partial charge in [0.2, 0.25) is 15.9 Å². The lowest BCUT2D eigenvalue weighted by atomic mass is 9.81. The molecule has 2 saturated carbocycles. The van der Waals surface area contributed by atoms with Crippen molar-refractivity contribution in [1.29, 1.82) is 0 Å². The standard InChI is InChI=1S/C38H50N4O5S/c1-5-25(2)48(45,46)39-36(43)28-13-18-32-33(21-28)41(24-38(19-20-38)37(44)42-29-14-15-30(42)23-40(3)22-29)35(27-11-16-31(47-4)17-12-27)34(32)26-9-7-6-8-10-26/h11-13,16-18,21,25-26,29-30H,5-10,14-15,19-20,22-24H2,1-4H3,(H,39,43). The number of fused-ring (bicyclic) bond motifs is 3. The first kappa shape index (κ1) is 33.1. The highest BCUT2D eigenvalue weighted by atomic mass is 32.2. The van der Waals surface area contributed by atoms with Gasteiger partial charge in [-0.15, -0.1) is 0 Å². The number of likely N-dealkylation sites (N-methyl/N-ethyl adjacent to an activating group) is 1. The van der Waals surface area contributed by atoms with Crippen LogP contribution in [0.25, 0.3) is 22.2 Å². The van der Waals surface area contributed by atoms with E-state index in [1.807, 2.05) is 24.3 Å². The molecule has 3 atom stereocenters. The Morgan fingerprint density at radius 3 is 2.25 bits per heavy atom. The van der Waals surface area contributed by atoms with E-state index < -0.39 is 26.6 Å². The molecule has 9 nitrogen and oxygen atoms in total. The number of hydrogen-bond donors (Lipinski definition) is 1. The summed E-state index contributed by atoms with van der Waals surface area (Å²) < 4.78 is 35.9. The van der Waals surface area contributed by atoms with E-state index in [2.05, 4.69) is 38.3 Å². The van der Waals surface area contributed by atoms with Crippen molar-refractivity contribution in [3.8, 4) is 17.0 Å². The third-order valence-corrected chi connectivity index (χ3v) is 13.6. The summed E-state index contributed by atoms with van der Waals surface area (Å²) >= 11 is 0. The average Bonchev–Trinajstić information content (AvgIpc) is 3.74. The lowest BCUT2D eigenvalue weighted by Gasteiger charge is -2.41. The topological polar surface area (TPSA) is 101 Å². The Labute approximate surface area is 285 Å². The number of aromatic nitrogens is 1. The van der Waals surface area contributed by atoms with Crippen molar-refractivity contribution < 1.29 is 22.7 Å². The number of rotatable bonds is 10. The summed E-state index contributed by atoms with van der Waals surface area (Å²) in [7, 11) is 0.00897. The fourth-order valence-corrected chi connectivity index (χ4v) is 9.68. The summed E-state index contributed by atoms with van der Waals surface area (Å²) in [6.07, 6.45) is 9.95. The van der Waals surface area contributed by atoms with Crippen molar-refractivity contribution >= 4 is 32.7 Å². The number of nitrogens with zero attached hydrogens (tertiary/aromatic N) is 3. The smallest absolute Gasteiger partial charge is 0.264 e. The molecule has 3 heterocycles. The van der Waals surface area contributed by atoms with Crippen molar-refractivity contribution in [2.45, 2.75) is 108 Å². The van der Waals surface area contributed by atoms with Gasteiger partial charge in [-0.05, 0) is 112 Å². The van der Waals surface area contributed by atoms with E-state index in [-0.39, 0.29) is 18.0 Å². The van der Waals surface area contributed by atoms with E-state index in [1.54, 1.807) is 27.0 Å². The monoisotopic (exact) mass is 674 g/mol. The van der Waals surface area contributed by atoms with E-state index in [4.69, 9.17) is 4.74 Å². The molecule has 0 spiro atoms. The number of hydrogen-bond acceptors (Lipinski definition) is 6. The predicted octanol–water partition coefficient (Wildman–Crippen LogP) is 6.31. The maximum atomic E-state index is 14.6. The molecule has 4 fully saturated rings. The number of methoxy groups -OCH3 is 1. The third-order valence-electron chi connectivity index (χ3n) is 11.7. The number of ether oxygens (including phenoxy) is 1. The molecule has 1 N–H and O–H groups in total. The molecule has 3 unspecified atom stereocenters. The maximum absolute atomic E-state index is 14.6. The number of piperazine rings is 1. The summed E-state index contributed by atoms with van der Waals surface area (Å²) in [6, 6.07) is 14.3. The van der Waals surface area contributed by atoms with Crippen LogP contribution in [0.2, 0.25) is 0 Å². The van der Waals surface area contributed by atoms with Gasteiger partial charge in [0.15, 0.2) is 0 Å². The first-order valence-corrected chi connectivity index (χ1v) is 19.5. The number of sulfonamides is 1. The van der Waals surface area contributed by atoms with Gasteiger partial charge in [0.05, 0.1) is 23.5 Å². The zero-order valence-electron chi connectivity index (χ0n) is 28.8. The molecule has 1 aromatic heterocycles. The fraction of sp³-hybridized carbons (Fsp3) is 0.579. The lowest BCUT2D eigenvalue weighted by Crippen LogP contribution is -2.56. The summed E-state index contributed by atoms with van der Waals surface area (Å²) in [5.74, 6) is 0.783. The second kappa shape index (κ2) is 12.8. The van der Waals surface area contributed by atoms with Crippen LogP contribution in [-0.2, 0) is 21.4 Å². The van der Waals surface area contributed by atoms with E-state index in [0.29, 0.717) is 24.4 Å². The Morgan fingerprint density at radius 2 is 1.65 bits per heavy atom. The molecule has 10 heteroatoms. The van der Waals surface area contributed by atoms with Crippen LogP contribution in [0.15, 0.2) is 42.5 Å². The van der Waals surface area contributed by atoms with Crippen molar-refractivity contribution in [3.05, 3.63) is 53.6 Å². The number of carbonyl (C=O) groups is 2. The minimum Gasteiger partial charge on any atom is -0.497 e. The van der Waals surface area contributed by atoms with Crippen LogP contribution in [0.3, 0.4) is 0 Å². The minimum atomic E-state index is -3.81. The summed E-state index contributed by atoms with van der Waals surface area (Å²) in [4.78, 5) is 32.7. The van der Waals surface area contributed by atoms with Gasteiger partial charge in [-0.1, -0.05) is 32.3 Å². The Bertz CT molecular complexity index is 1790. The van der Waals surface area contributed by atoms with E-state index in [9.17, 15) is 18.0 Å². The summed E-state index contributed by atoms with van der Waals surface area (Å²) in [5, 5.41) is 0.399. The molecule has 2 aromatic carbocycles. The molecule has 258 valence electrons. The maximum Gasteiger partial charge on any atom is 0.264 e. The number of benzene rings is 2. The Kier molecular flexibility index (Phi) is 8.85. The SMILES string of the molecule is CCC(C)S(=O)(=O)NC(=O)c1ccc2c(C3CCCCC3)c(-c3ccc(OC)cc3)n(CC3(C(=O)N4C5CCC4CN(C)C5)CC3)c2c1. The average molecular weight is 675 g/mol. The minimum absolute atomic E-state index is 0.266. The van der Waals surface area contributed by atoms with Crippen molar-refractivity contribution in [1.82, 2.24) is 19.1 Å². The largest absolute Gasteiger partial charge is 0.497 e. The van der Waals surface area contributed by atoms with Gasteiger partial charge in [-0.3, -0.25) is 9.59 Å². The van der Waals surface area contributed by atoms with Gasteiger partial charge < -0.3 is 19.1 Å². The number of amides is 2. The van der Waals surface area contributed by atoms with Gasteiger partial charge in [0, 0.05) is 48.2 Å². The Morgan fingerprint density at radius 1 is 0.979 bits per heavy atom. The zero-order valence-corrected chi connectivity index (χ0v) is 29.7. The number of carbonyl (C=O) groups excluding carboxylic acids is 2. The van der Waals surface area contributed by atoms with Gasteiger partial charge in [-0.2, -0.15) is 0 Å². The van der Waals surface area contributed by atoms with Crippen LogP contribution in [0, 0.1) is 5.41 Å². The van der Waals surface area contributed by atoms with Gasteiger partial charge in [0.1, 0.15) is 5.75 Å². The van der Waals surface area contributed by atoms with Crippen molar-refractivity contribution in [2.75, 3.05) is 27.2 Å². The Hall–Kier alpha value is -3.37. The van der Waals surface area contributed by atoms with Crippen LogP contribution in [0.5, 0.6) is 5.75 Å². The highest BCUT2D eigenvalue weighted by Gasteiger charge is 2.56. The predicted molar refractivity (Wildman–Crippen MR) is 189 cm³/mol. The molecule has 2 amide bonds. The molecule has 4 aliphatic rings. The third kappa shape index (κ3) is 5.93. The van der Waals surface area contributed by atoms with Crippen LogP contribution in [0.1, 0.15) is 99.9 Å². The quantitative estimate of drug-likeness (QED) is 0.271. The normalized spacial score (nSPS) is 23.3. The number of likely N-dealkylation sites (tertiary alicyclic amines) is 1. The first-order valence-electron chi connectivity index (χ1n) is 17.9. The molecular formula is C38H50N4O5S. The highest BCUT2D eigenvalue weighted by Crippen LogP contribution is 2.53. The zero-order chi connectivity index (χ0) is 33.8. The Balaban J connectivity index is 1.37. The molecular weight excluding hydrogens is 625 g/mol. The van der Waals surface area contributed by atoms with Gasteiger partial charge >= 0.3 is 0 Å². The molecule has 48 heavy (non-hydrogen) atoms. The molecule has 2 bridgehead atoms. The van der Waals surface area contributed by atoms with Crippen LogP contribution >= 0.6 is 0 Å². The van der Waals surface area contributed by atoms with Crippen molar-refractivity contribution in [2.24, 2.45) is 5.41 Å². The summed E-state index contributed by atoms with van der Waals surface area (Å²) in [6.45, 7) is 5.78. The van der Waals surface area contributed by atoms with E-state index in [1.165, 1.54) is 24.8 Å². The lowest BCUT2D eigenvalue weighted by molar-refractivity contribution is -0.143. The highest BCUT2D eigenvalue weighted by molar-refractivity contribution is 7.90. The first-order chi connectivity index (χ1) is 23.0. The molecule has 7 rings (SSSR count). The summed E-state index contributed by atoms with van der Waals surface area (Å²) in [5.41, 5.74) is 4.13. The molecule has 2 aliphatic heterocycles. The molecule has 0 radical (unpaired) electrons.